The van der Waals surface area contributed by atoms with E-state index in [1.165, 1.54) is 128 Å². The quantitative estimate of drug-likeness (QED) is 0.0910. The molecule has 6 heteroatoms. The van der Waals surface area contributed by atoms with E-state index in [2.05, 4.69) is 51.3 Å². The molecular weight excluding hydrogens is 681 g/mol. The third-order valence-corrected chi connectivity index (χ3v) is 16.2. The van der Waals surface area contributed by atoms with Gasteiger partial charge in [0.25, 0.3) is 0 Å². The lowest BCUT2D eigenvalue weighted by Crippen LogP contribution is -2.59. The molecule has 0 saturated heterocycles. The topological polar surface area (TPSA) is 72.0 Å². The van der Waals surface area contributed by atoms with E-state index in [1.807, 2.05) is 6.07 Å². The molecule has 55 heavy (non-hydrogen) atoms. The number of hydrogen-bond donors (Lipinski definition) is 3. The van der Waals surface area contributed by atoms with Crippen LogP contribution in [0.1, 0.15) is 169 Å². The summed E-state index contributed by atoms with van der Waals surface area (Å²) >= 11 is 0. The van der Waals surface area contributed by atoms with E-state index < -0.39 is 0 Å². The summed E-state index contributed by atoms with van der Waals surface area (Å²) in [7, 11) is 5.08. The predicted molar refractivity (Wildman–Crippen MR) is 230 cm³/mol. The minimum absolute atomic E-state index is 0.0862. The number of ether oxygens (including phenoxy) is 3. The lowest BCUT2D eigenvalue weighted by molar-refractivity contribution is -0.167. The van der Waals surface area contributed by atoms with Crippen molar-refractivity contribution in [2.24, 2.45) is 52.3 Å². The third kappa shape index (κ3) is 11.2. The van der Waals surface area contributed by atoms with Gasteiger partial charge in [-0.1, -0.05) is 92.4 Å². The Morgan fingerprint density at radius 2 is 1.31 bits per heavy atom. The average molecular weight is 767 g/mol. The third-order valence-electron chi connectivity index (χ3n) is 16.2. The van der Waals surface area contributed by atoms with Crippen molar-refractivity contribution in [1.29, 1.82) is 0 Å². The smallest absolute Gasteiger partial charge is 0.164 e. The van der Waals surface area contributed by atoms with Crippen LogP contribution in [0.25, 0.3) is 0 Å². The first kappa shape index (κ1) is 44.6. The van der Waals surface area contributed by atoms with E-state index in [9.17, 15) is 5.11 Å². The van der Waals surface area contributed by atoms with Crippen LogP contribution in [0, 0.1) is 52.3 Å². The second-order valence-electron chi connectivity index (χ2n) is 20.0. The number of benzene rings is 1. The van der Waals surface area contributed by atoms with Crippen molar-refractivity contribution in [3.8, 4) is 17.2 Å². The Bertz CT molecular complexity index is 1270. The molecule has 4 fully saturated rings. The Labute approximate surface area is 338 Å². The summed E-state index contributed by atoms with van der Waals surface area (Å²) in [5, 5.41) is 19.6. The molecule has 5 rings (SSSR count). The second-order valence-corrected chi connectivity index (χ2v) is 20.0. The molecule has 4 aliphatic carbocycles. The number of aliphatic hydroxyl groups excluding tert-OH is 1. The first-order valence-electron chi connectivity index (χ1n) is 23.5. The molecule has 1 aromatic rings. The average Bonchev–Trinajstić information content (AvgIpc) is 3.53. The Hall–Kier alpha value is -1.50. The molecule has 0 heterocycles. The van der Waals surface area contributed by atoms with Crippen molar-refractivity contribution < 1.29 is 19.3 Å². The van der Waals surface area contributed by atoms with Crippen LogP contribution in [0.5, 0.6) is 17.2 Å². The number of fused-ring (bicyclic) bond motifs is 5. The maximum absolute atomic E-state index is 11.9. The highest BCUT2D eigenvalue weighted by Gasteiger charge is 2.62. The number of hydrogen-bond acceptors (Lipinski definition) is 6. The van der Waals surface area contributed by atoms with Crippen LogP contribution in [0.15, 0.2) is 12.1 Å². The molecule has 4 aliphatic rings. The largest absolute Gasteiger partial charge is 0.496 e. The van der Waals surface area contributed by atoms with Crippen LogP contribution in [0.3, 0.4) is 0 Å². The van der Waals surface area contributed by atoms with Gasteiger partial charge in [-0.3, -0.25) is 0 Å². The highest BCUT2D eigenvalue weighted by molar-refractivity contribution is 5.50. The number of aliphatic hydroxyl groups is 1. The van der Waals surface area contributed by atoms with Crippen molar-refractivity contribution in [2.75, 3.05) is 41.0 Å². The summed E-state index contributed by atoms with van der Waals surface area (Å²) in [5.74, 6) is 7.58. The van der Waals surface area contributed by atoms with Crippen molar-refractivity contribution in [3.63, 3.8) is 0 Å². The van der Waals surface area contributed by atoms with Gasteiger partial charge < -0.3 is 30.0 Å². The van der Waals surface area contributed by atoms with E-state index in [0.717, 1.165) is 79.3 Å². The maximum Gasteiger partial charge on any atom is 0.164 e. The van der Waals surface area contributed by atoms with Gasteiger partial charge in [0, 0.05) is 12.1 Å². The van der Waals surface area contributed by atoms with Gasteiger partial charge in [0.15, 0.2) is 11.5 Å². The minimum atomic E-state index is -0.0862. The zero-order chi connectivity index (χ0) is 39.4. The van der Waals surface area contributed by atoms with E-state index in [4.69, 9.17) is 14.2 Å². The normalized spacial score (nSPS) is 32.1. The lowest BCUT2D eigenvalue weighted by Gasteiger charge is -2.62. The van der Waals surface area contributed by atoms with Gasteiger partial charge >= 0.3 is 0 Å². The molecule has 6 nitrogen and oxygen atoms in total. The predicted octanol–water partition coefficient (Wildman–Crippen LogP) is 11.4. The van der Waals surface area contributed by atoms with Crippen LogP contribution in [0.2, 0.25) is 0 Å². The van der Waals surface area contributed by atoms with Crippen LogP contribution in [-0.2, 0) is 6.42 Å². The van der Waals surface area contributed by atoms with E-state index in [0.29, 0.717) is 28.7 Å². The Kier molecular flexibility index (Phi) is 17.4. The lowest BCUT2D eigenvalue weighted by atomic mass is 9.43. The van der Waals surface area contributed by atoms with Gasteiger partial charge in [0.2, 0.25) is 0 Å². The number of rotatable bonds is 24. The fourth-order valence-corrected chi connectivity index (χ4v) is 13.0. The minimum Gasteiger partial charge on any atom is -0.496 e. The van der Waals surface area contributed by atoms with E-state index >= 15 is 0 Å². The fraction of sp³-hybridized carbons (Fsp3) is 0.878. The summed E-state index contributed by atoms with van der Waals surface area (Å²) in [6.45, 7) is 16.0. The first-order chi connectivity index (χ1) is 26.5. The van der Waals surface area contributed by atoms with Crippen molar-refractivity contribution in [2.45, 2.75) is 182 Å². The van der Waals surface area contributed by atoms with Crippen LogP contribution in [0.4, 0.5) is 0 Å². The molecule has 3 N–H and O–H groups in total. The Balaban J connectivity index is 0.899. The first-order valence-corrected chi connectivity index (χ1v) is 23.5. The van der Waals surface area contributed by atoms with Gasteiger partial charge in [-0.25, -0.2) is 0 Å². The highest BCUT2D eigenvalue weighted by atomic mass is 16.5. The summed E-state index contributed by atoms with van der Waals surface area (Å²) in [5.41, 5.74) is 2.07. The summed E-state index contributed by atoms with van der Waals surface area (Å²) < 4.78 is 16.5. The Morgan fingerprint density at radius 1 is 0.673 bits per heavy atom. The number of nitrogens with one attached hydrogen (secondary N) is 2. The SMILES string of the molecule is COc1cc(OC)c(OC)cc1CCCCCCCCCCNCCCN[C@H]1CC[C@]2(C)C3CC[C@@]4(C)C(CC[C@@H]4[C@H](C)CCCC(C)C)C3C(O)C[C@H]2C1. The van der Waals surface area contributed by atoms with Crippen molar-refractivity contribution in [1.82, 2.24) is 10.6 Å². The number of methoxy groups -OCH3 is 3. The van der Waals surface area contributed by atoms with Gasteiger partial charge in [-0.2, -0.15) is 0 Å². The van der Waals surface area contributed by atoms with E-state index in [-0.39, 0.29) is 6.10 Å². The molecule has 0 aromatic heterocycles. The maximum atomic E-state index is 11.9. The van der Waals surface area contributed by atoms with Crippen LogP contribution < -0.4 is 24.8 Å². The van der Waals surface area contributed by atoms with Crippen LogP contribution >= 0.6 is 0 Å². The van der Waals surface area contributed by atoms with Gasteiger partial charge in [-0.05, 0) is 161 Å². The molecule has 0 radical (unpaired) electrons. The molecule has 4 unspecified atom stereocenters. The summed E-state index contributed by atoms with van der Waals surface area (Å²) in [6.07, 6.45) is 27.2. The monoisotopic (exact) mass is 767 g/mol. The van der Waals surface area contributed by atoms with Crippen molar-refractivity contribution in [3.05, 3.63) is 17.7 Å². The van der Waals surface area contributed by atoms with Crippen molar-refractivity contribution >= 4 is 0 Å². The van der Waals surface area contributed by atoms with Gasteiger partial charge in [0.05, 0.1) is 27.4 Å². The molecule has 0 spiro atoms. The fourth-order valence-electron chi connectivity index (χ4n) is 13.0. The van der Waals surface area contributed by atoms with Crippen LogP contribution in [-0.4, -0.2) is 58.2 Å². The molecule has 316 valence electrons. The molecule has 4 saturated carbocycles. The Morgan fingerprint density at radius 3 is 2.02 bits per heavy atom. The molecule has 1 aromatic carbocycles. The van der Waals surface area contributed by atoms with Gasteiger partial charge in [0.1, 0.15) is 5.75 Å². The molecule has 10 atom stereocenters. The van der Waals surface area contributed by atoms with Gasteiger partial charge in [-0.15, -0.1) is 0 Å². The summed E-state index contributed by atoms with van der Waals surface area (Å²) in [4.78, 5) is 0. The zero-order valence-electron chi connectivity index (χ0n) is 37.0. The zero-order valence-corrected chi connectivity index (χ0v) is 37.0. The molecule has 0 bridgehead atoms. The second kappa shape index (κ2) is 21.5. The van der Waals surface area contributed by atoms with E-state index in [1.54, 1.807) is 21.3 Å². The standard InChI is InChI=1S/C49H86N2O4/c1-35(2)19-17-20-36(3)40-22-23-41-47-42(25-27-49(40,41)5)48(4)26-24-39(32-38(48)33-43(47)52)51-30-18-29-50-28-16-14-12-10-9-11-13-15-21-37-31-45(54-7)46(55-8)34-44(37)53-6/h31,34-36,38-43,47,50-52H,9-30,32-33H2,1-8H3/t36-,38-,39+,40-,41?,42?,43?,47?,48+,49-/m1/s1. The molecular formula is C49H86N2O4. The number of aryl methyl sites for hydroxylation is 1. The molecule has 0 amide bonds. The summed E-state index contributed by atoms with van der Waals surface area (Å²) in [6, 6.07) is 4.63. The number of unbranched alkanes of at least 4 members (excludes halogenated alkanes) is 7. The highest BCUT2D eigenvalue weighted by Crippen LogP contribution is 2.68. The molecule has 0 aliphatic heterocycles.